The second-order valence-electron chi connectivity index (χ2n) is 5.98. The van der Waals surface area contributed by atoms with Gasteiger partial charge in [0.05, 0.1) is 13.1 Å². The van der Waals surface area contributed by atoms with Gasteiger partial charge in [-0.2, -0.15) is 0 Å². The molecular formula is C19H32FIN4O2. The van der Waals surface area contributed by atoms with Crippen molar-refractivity contribution >= 4 is 35.8 Å². The van der Waals surface area contributed by atoms with E-state index in [-0.39, 0.29) is 48.3 Å². The van der Waals surface area contributed by atoms with Gasteiger partial charge in [0.1, 0.15) is 6.10 Å². The van der Waals surface area contributed by atoms with E-state index >= 15 is 0 Å². The summed E-state index contributed by atoms with van der Waals surface area (Å²) < 4.78 is 19.3. The van der Waals surface area contributed by atoms with Crippen LogP contribution < -0.4 is 10.1 Å². The number of nitrogens with zero attached hydrogens (tertiary/aromatic N) is 3. The van der Waals surface area contributed by atoms with E-state index < -0.39 is 5.82 Å². The molecule has 0 aromatic heterocycles. The minimum absolute atomic E-state index is 0. The topological polar surface area (TPSA) is 57.2 Å². The number of rotatable bonds is 9. The van der Waals surface area contributed by atoms with Gasteiger partial charge < -0.3 is 19.9 Å². The highest BCUT2D eigenvalue weighted by atomic mass is 127. The number of ether oxygens (including phenoxy) is 1. The molecule has 1 aromatic rings. The van der Waals surface area contributed by atoms with E-state index in [0.717, 1.165) is 0 Å². The molecule has 27 heavy (non-hydrogen) atoms. The van der Waals surface area contributed by atoms with Crippen LogP contribution in [0.4, 0.5) is 4.39 Å². The molecule has 1 rings (SSSR count). The Balaban J connectivity index is 0.00000676. The van der Waals surface area contributed by atoms with Gasteiger partial charge in [-0.05, 0) is 39.8 Å². The summed E-state index contributed by atoms with van der Waals surface area (Å²) in [6, 6.07) is 6.30. The summed E-state index contributed by atoms with van der Waals surface area (Å²) in [6.07, 6.45) is -0.299. The van der Waals surface area contributed by atoms with Crippen molar-refractivity contribution in [3.8, 4) is 5.75 Å². The van der Waals surface area contributed by atoms with Crippen LogP contribution in [0.5, 0.6) is 5.75 Å². The average Bonchev–Trinajstić information content (AvgIpc) is 2.61. The Morgan fingerprint density at radius 2 is 1.89 bits per heavy atom. The molecular weight excluding hydrogens is 462 g/mol. The lowest BCUT2D eigenvalue weighted by Gasteiger charge is -2.26. The summed E-state index contributed by atoms with van der Waals surface area (Å²) in [5.41, 5.74) is 0. The molecule has 0 aliphatic rings. The zero-order valence-electron chi connectivity index (χ0n) is 16.9. The van der Waals surface area contributed by atoms with Crippen LogP contribution in [0.1, 0.15) is 27.7 Å². The molecule has 0 spiro atoms. The van der Waals surface area contributed by atoms with Crippen LogP contribution in [-0.2, 0) is 4.79 Å². The molecule has 6 nitrogen and oxygen atoms in total. The highest BCUT2D eigenvalue weighted by Gasteiger charge is 2.15. The van der Waals surface area contributed by atoms with Gasteiger partial charge in [-0.15, -0.1) is 24.0 Å². The fraction of sp³-hybridized carbons (Fsp3) is 0.579. The van der Waals surface area contributed by atoms with Crippen LogP contribution in [0.2, 0.25) is 0 Å². The van der Waals surface area contributed by atoms with Crippen LogP contribution in [0.15, 0.2) is 29.3 Å². The molecule has 1 unspecified atom stereocenters. The van der Waals surface area contributed by atoms with Gasteiger partial charge in [0.2, 0.25) is 5.91 Å². The zero-order valence-corrected chi connectivity index (χ0v) is 19.2. The highest BCUT2D eigenvalue weighted by molar-refractivity contribution is 14.0. The van der Waals surface area contributed by atoms with E-state index in [1.807, 2.05) is 34.7 Å². The lowest BCUT2D eigenvalue weighted by atomic mass is 10.3. The summed E-state index contributed by atoms with van der Waals surface area (Å²) in [7, 11) is 1.82. The molecule has 1 aromatic carbocycles. The van der Waals surface area contributed by atoms with E-state index in [1.165, 1.54) is 6.07 Å². The number of para-hydroxylation sites is 1. The summed E-state index contributed by atoms with van der Waals surface area (Å²) in [5, 5.41) is 3.17. The first-order valence-corrected chi connectivity index (χ1v) is 9.11. The average molecular weight is 494 g/mol. The fourth-order valence-electron chi connectivity index (χ4n) is 2.43. The molecule has 1 atom stereocenters. The van der Waals surface area contributed by atoms with Gasteiger partial charge in [-0.25, -0.2) is 9.38 Å². The Bertz CT molecular complexity index is 597. The van der Waals surface area contributed by atoms with Gasteiger partial charge in [-0.3, -0.25) is 4.79 Å². The number of halogens is 2. The van der Waals surface area contributed by atoms with Crippen LogP contribution in [0.25, 0.3) is 0 Å². The standard InChI is InChI=1S/C19H31FN4O2.HI/c1-6-21-19(23(5)14-18(25)24(7-2)8-3)22-13-15(4)26-17-12-10-9-11-16(17)20;/h9-12,15H,6-8,13-14H2,1-5H3,(H,21,22);1H. The molecule has 1 N–H and O–H groups in total. The second-order valence-corrected chi connectivity index (χ2v) is 5.98. The third-order valence-corrected chi connectivity index (χ3v) is 3.85. The number of likely N-dealkylation sites (N-methyl/N-ethyl adjacent to an activating group) is 2. The smallest absolute Gasteiger partial charge is 0.242 e. The van der Waals surface area contributed by atoms with Crippen molar-refractivity contribution in [2.75, 3.05) is 39.8 Å². The summed E-state index contributed by atoms with van der Waals surface area (Å²) >= 11 is 0. The van der Waals surface area contributed by atoms with Crippen LogP contribution in [0, 0.1) is 5.82 Å². The highest BCUT2D eigenvalue weighted by Crippen LogP contribution is 2.17. The maximum atomic E-state index is 13.7. The molecule has 0 aliphatic heterocycles. The number of benzene rings is 1. The van der Waals surface area contributed by atoms with E-state index in [2.05, 4.69) is 10.3 Å². The number of carbonyl (C=O) groups excluding carboxylic acids is 1. The van der Waals surface area contributed by atoms with Gasteiger partial charge in [0, 0.05) is 26.7 Å². The lowest BCUT2D eigenvalue weighted by Crippen LogP contribution is -2.46. The minimum atomic E-state index is -0.392. The Morgan fingerprint density at radius 3 is 2.44 bits per heavy atom. The number of nitrogens with one attached hydrogen (secondary N) is 1. The third-order valence-electron chi connectivity index (χ3n) is 3.85. The largest absolute Gasteiger partial charge is 0.486 e. The predicted octanol–water partition coefficient (Wildman–Crippen LogP) is 2.98. The molecule has 0 heterocycles. The van der Waals surface area contributed by atoms with E-state index in [1.54, 1.807) is 28.0 Å². The van der Waals surface area contributed by atoms with Crippen molar-refractivity contribution in [2.24, 2.45) is 4.99 Å². The molecule has 0 fully saturated rings. The Hall–Kier alpha value is -1.58. The molecule has 0 radical (unpaired) electrons. The molecule has 0 saturated heterocycles. The first-order valence-electron chi connectivity index (χ1n) is 9.11. The van der Waals surface area contributed by atoms with Gasteiger partial charge in [0.15, 0.2) is 17.5 Å². The molecule has 0 saturated carbocycles. The number of amides is 1. The zero-order chi connectivity index (χ0) is 19.5. The van der Waals surface area contributed by atoms with E-state index in [4.69, 9.17) is 4.74 Å². The van der Waals surface area contributed by atoms with Gasteiger partial charge in [0.25, 0.3) is 0 Å². The number of carbonyl (C=O) groups is 1. The van der Waals surface area contributed by atoms with Crippen molar-refractivity contribution in [3.63, 3.8) is 0 Å². The number of aliphatic imine (C=N–C) groups is 1. The molecule has 154 valence electrons. The summed E-state index contributed by atoms with van der Waals surface area (Å²) in [4.78, 5) is 20.4. The van der Waals surface area contributed by atoms with E-state index in [0.29, 0.717) is 32.1 Å². The van der Waals surface area contributed by atoms with Crippen molar-refractivity contribution in [2.45, 2.75) is 33.8 Å². The van der Waals surface area contributed by atoms with Crippen molar-refractivity contribution < 1.29 is 13.9 Å². The Labute approximate surface area is 179 Å². The summed E-state index contributed by atoms with van der Waals surface area (Å²) in [6.45, 7) is 10.4. The SMILES string of the molecule is CCNC(=NCC(C)Oc1ccccc1F)N(C)CC(=O)N(CC)CC.I. The monoisotopic (exact) mass is 494 g/mol. The second kappa shape index (κ2) is 13.6. The Kier molecular flexibility index (Phi) is 12.8. The third kappa shape index (κ3) is 8.77. The van der Waals surface area contributed by atoms with E-state index in [9.17, 15) is 9.18 Å². The lowest BCUT2D eigenvalue weighted by molar-refractivity contribution is -0.131. The molecule has 8 heteroatoms. The Morgan fingerprint density at radius 1 is 1.26 bits per heavy atom. The predicted molar refractivity (Wildman–Crippen MR) is 118 cm³/mol. The van der Waals surface area contributed by atoms with Crippen LogP contribution in [-0.4, -0.2) is 67.5 Å². The van der Waals surface area contributed by atoms with Crippen molar-refractivity contribution in [3.05, 3.63) is 30.1 Å². The van der Waals surface area contributed by atoms with Crippen molar-refractivity contribution in [1.82, 2.24) is 15.1 Å². The molecule has 0 aliphatic carbocycles. The van der Waals surface area contributed by atoms with Crippen molar-refractivity contribution in [1.29, 1.82) is 0 Å². The van der Waals surface area contributed by atoms with Gasteiger partial charge in [-0.1, -0.05) is 12.1 Å². The maximum Gasteiger partial charge on any atom is 0.242 e. The number of hydrogen-bond donors (Lipinski definition) is 1. The first kappa shape index (κ1) is 25.4. The molecule has 1 amide bonds. The normalized spacial score (nSPS) is 12.0. The fourth-order valence-corrected chi connectivity index (χ4v) is 2.43. The first-order chi connectivity index (χ1) is 12.4. The minimum Gasteiger partial charge on any atom is -0.486 e. The quantitative estimate of drug-likeness (QED) is 0.326. The number of guanidine groups is 1. The molecule has 0 bridgehead atoms. The number of hydrogen-bond acceptors (Lipinski definition) is 3. The van der Waals surface area contributed by atoms with Crippen LogP contribution in [0.3, 0.4) is 0 Å². The maximum absolute atomic E-state index is 13.7. The van der Waals surface area contributed by atoms with Crippen LogP contribution >= 0.6 is 24.0 Å². The summed E-state index contributed by atoms with van der Waals surface area (Å²) in [5.74, 6) is 0.498. The van der Waals surface area contributed by atoms with Gasteiger partial charge >= 0.3 is 0 Å².